The van der Waals surface area contributed by atoms with Crippen molar-refractivity contribution in [3.63, 3.8) is 0 Å². The molecule has 11 nitrogen and oxygen atoms in total. The summed E-state index contributed by atoms with van der Waals surface area (Å²) >= 11 is 0. The number of nitrogens with one attached hydrogen (secondary N) is 2. The molecule has 42 heavy (non-hydrogen) atoms. The number of nitrogens with two attached hydrogens (primary N) is 1. The molecule has 0 atom stereocenters. The van der Waals surface area contributed by atoms with Crippen molar-refractivity contribution in [3.05, 3.63) is 95.8 Å². The van der Waals surface area contributed by atoms with Gasteiger partial charge in [0.05, 0.1) is 42.7 Å². The van der Waals surface area contributed by atoms with Crippen molar-refractivity contribution < 1.29 is 23.5 Å². The number of hydrogen-bond acceptors (Lipinski definition) is 9. The molecule has 216 valence electrons. The summed E-state index contributed by atoms with van der Waals surface area (Å²) < 4.78 is 24.5. The molecular weight excluding hydrogens is 541 g/mol. The lowest BCUT2D eigenvalue weighted by atomic mass is 10.1. The molecule has 3 heterocycles. The molecule has 1 aliphatic heterocycles. The normalized spacial score (nSPS) is 12.9. The van der Waals surface area contributed by atoms with Crippen molar-refractivity contribution >= 4 is 29.2 Å². The molecule has 0 aliphatic carbocycles. The number of aromatic nitrogens is 3. The average Bonchev–Trinajstić information content (AvgIpc) is 3.02. The summed E-state index contributed by atoms with van der Waals surface area (Å²) in [5, 5.41) is 5.50. The van der Waals surface area contributed by atoms with Crippen LogP contribution in [0.15, 0.2) is 73.1 Å². The van der Waals surface area contributed by atoms with Crippen LogP contribution in [0, 0.1) is 5.95 Å². The number of halogens is 1. The molecule has 0 saturated carbocycles. The van der Waals surface area contributed by atoms with Crippen molar-refractivity contribution in [2.24, 2.45) is 0 Å². The highest BCUT2D eigenvalue weighted by Gasteiger charge is 2.21. The summed E-state index contributed by atoms with van der Waals surface area (Å²) in [5.74, 6) is -1.29. The Bertz CT molecular complexity index is 1530. The number of amides is 2. The van der Waals surface area contributed by atoms with Gasteiger partial charge in [0.25, 0.3) is 5.91 Å². The van der Waals surface area contributed by atoms with Crippen LogP contribution < -0.4 is 21.3 Å². The topological polar surface area (TPSA) is 145 Å². The largest absolute Gasteiger partial charge is 0.445 e. The lowest BCUT2D eigenvalue weighted by molar-refractivity contribution is 0.102. The second-order valence-electron chi connectivity index (χ2n) is 9.50. The third-order valence-corrected chi connectivity index (χ3v) is 6.61. The molecule has 0 spiro atoms. The van der Waals surface area contributed by atoms with E-state index < -0.39 is 17.9 Å². The highest BCUT2D eigenvalue weighted by atomic mass is 19.1. The standard InChI is InChI=1S/C30H30FN7O4/c31-26-16-25(38-12-14-41-15-13-38)24(18-34-26)37-29(39)27-28(32)35-17-23(36-27)22-8-6-20(7-9-22)10-11-33-30(40)42-19-21-4-2-1-3-5-21/h1-9,16-18H,10-15,19H2,(H2,32,35)(H,33,40)(H,37,39). The van der Waals surface area contributed by atoms with Crippen LogP contribution in [0.25, 0.3) is 11.3 Å². The second-order valence-corrected chi connectivity index (χ2v) is 9.50. The van der Waals surface area contributed by atoms with Gasteiger partial charge in [0, 0.05) is 31.3 Å². The number of morpholine rings is 1. The summed E-state index contributed by atoms with van der Waals surface area (Å²) in [5.41, 5.74) is 9.86. The van der Waals surface area contributed by atoms with Crippen molar-refractivity contribution in [1.29, 1.82) is 0 Å². The van der Waals surface area contributed by atoms with Gasteiger partial charge in [-0.25, -0.2) is 19.7 Å². The number of nitrogen functional groups attached to an aromatic ring is 1. The van der Waals surface area contributed by atoms with Crippen LogP contribution >= 0.6 is 0 Å². The Kier molecular flexibility index (Phi) is 9.14. The van der Waals surface area contributed by atoms with Crippen LogP contribution in [-0.4, -0.2) is 59.8 Å². The number of rotatable bonds is 9. The van der Waals surface area contributed by atoms with E-state index in [-0.39, 0.29) is 18.1 Å². The number of carbonyl (C=O) groups is 2. The quantitative estimate of drug-likeness (QED) is 0.255. The highest BCUT2D eigenvalue weighted by molar-refractivity contribution is 6.07. The maximum absolute atomic E-state index is 13.9. The van der Waals surface area contributed by atoms with E-state index in [1.807, 2.05) is 59.5 Å². The molecule has 1 fully saturated rings. The molecule has 0 unspecified atom stereocenters. The number of hydrogen-bond donors (Lipinski definition) is 3. The minimum Gasteiger partial charge on any atom is -0.445 e. The number of pyridine rings is 1. The molecular formula is C30H30FN7O4. The van der Waals surface area contributed by atoms with Crippen molar-refractivity contribution in [3.8, 4) is 11.3 Å². The van der Waals surface area contributed by atoms with Crippen molar-refractivity contribution in [2.45, 2.75) is 13.0 Å². The number of nitrogens with zero attached hydrogens (tertiary/aromatic N) is 4. The predicted octanol–water partition coefficient (Wildman–Crippen LogP) is 3.82. The first-order valence-corrected chi connectivity index (χ1v) is 13.4. The van der Waals surface area contributed by atoms with Crippen LogP contribution in [0.5, 0.6) is 0 Å². The van der Waals surface area contributed by atoms with Gasteiger partial charge < -0.3 is 30.7 Å². The Hall–Kier alpha value is -5.10. The summed E-state index contributed by atoms with van der Waals surface area (Å²) in [6.07, 6.45) is 2.87. The monoisotopic (exact) mass is 571 g/mol. The molecule has 1 aliphatic rings. The zero-order chi connectivity index (χ0) is 29.3. The smallest absolute Gasteiger partial charge is 0.407 e. The predicted molar refractivity (Wildman–Crippen MR) is 155 cm³/mol. The SMILES string of the molecule is Nc1ncc(-c2ccc(CCNC(=O)OCc3ccccc3)cc2)nc1C(=O)Nc1cnc(F)cc1N1CCOCC1. The van der Waals surface area contributed by atoms with Crippen LogP contribution in [0.4, 0.5) is 26.4 Å². The van der Waals surface area contributed by atoms with Gasteiger partial charge in [-0.2, -0.15) is 4.39 Å². The van der Waals surface area contributed by atoms with E-state index in [1.54, 1.807) is 0 Å². The maximum Gasteiger partial charge on any atom is 0.407 e. The van der Waals surface area contributed by atoms with Gasteiger partial charge >= 0.3 is 6.09 Å². The van der Waals surface area contributed by atoms with E-state index in [9.17, 15) is 14.0 Å². The molecule has 0 radical (unpaired) electrons. The number of alkyl carbamates (subject to hydrolysis) is 1. The lowest BCUT2D eigenvalue weighted by Crippen LogP contribution is -2.37. The number of carbonyl (C=O) groups excluding carboxylic acids is 2. The number of benzene rings is 2. The molecule has 12 heteroatoms. The Labute approximate surface area is 241 Å². The van der Waals surface area contributed by atoms with Crippen molar-refractivity contribution in [2.75, 3.05) is 48.8 Å². The molecule has 1 saturated heterocycles. The van der Waals surface area contributed by atoms with E-state index in [1.165, 1.54) is 18.5 Å². The maximum atomic E-state index is 13.9. The van der Waals surface area contributed by atoms with Crippen LogP contribution in [0.2, 0.25) is 0 Å². The third kappa shape index (κ3) is 7.34. The molecule has 2 aromatic carbocycles. The summed E-state index contributed by atoms with van der Waals surface area (Å²) in [7, 11) is 0. The van der Waals surface area contributed by atoms with Gasteiger partial charge in [-0.3, -0.25) is 4.79 Å². The average molecular weight is 572 g/mol. The van der Waals surface area contributed by atoms with Gasteiger partial charge in [-0.1, -0.05) is 54.6 Å². The van der Waals surface area contributed by atoms with E-state index in [0.29, 0.717) is 56.3 Å². The van der Waals surface area contributed by atoms with Gasteiger partial charge in [0.1, 0.15) is 6.61 Å². The summed E-state index contributed by atoms with van der Waals surface area (Å²) in [6, 6.07) is 18.3. The zero-order valence-electron chi connectivity index (χ0n) is 22.8. The summed E-state index contributed by atoms with van der Waals surface area (Å²) in [4.78, 5) is 39.4. The van der Waals surface area contributed by atoms with Crippen LogP contribution in [0.3, 0.4) is 0 Å². The molecule has 4 N–H and O–H groups in total. The first-order valence-electron chi connectivity index (χ1n) is 13.4. The molecule has 0 bridgehead atoms. The first-order chi connectivity index (χ1) is 20.5. The van der Waals surface area contributed by atoms with E-state index >= 15 is 0 Å². The fourth-order valence-corrected chi connectivity index (χ4v) is 4.39. The van der Waals surface area contributed by atoms with Crippen molar-refractivity contribution in [1.82, 2.24) is 20.3 Å². The lowest BCUT2D eigenvalue weighted by Gasteiger charge is -2.30. The second kappa shape index (κ2) is 13.5. The first kappa shape index (κ1) is 28.4. The van der Waals surface area contributed by atoms with E-state index in [2.05, 4.69) is 25.6 Å². The molecule has 2 aromatic heterocycles. The molecule has 4 aromatic rings. The Morgan fingerprint density at radius 2 is 1.76 bits per heavy atom. The minimum atomic E-state index is -0.655. The Morgan fingerprint density at radius 3 is 2.52 bits per heavy atom. The third-order valence-electron chi connectivity index (χ3n) is 6.61. The van der Waals surface area contributed by atoms with Crippen LogP contribution in [-0.2, 0) is 22.5 Å². The Balaban J connectivity index is 1.20. The zero-order valence-corrected chi connectivity index (χ0v) is 22.8. The number of ether oxygens (including phenoxy) is 2. The van der Waals surface area contributed by atoms with Gasteiger partial charge in [0.2, 0.25) is 5.95 Å². The number of anilines is 3. The molecule has 2 amide bonds. The molecule has 5 rings (SSSR count). The van der Waals surface area contributed by atoms with E-state index in [0.717, 1.165) is 16.7 Å². The highest BCUT2D eigenvalue weighted by Crippen LogP contribution is 2.28. The fraction of sp³-hybridized carbons (Fsp3) is 0.233. The minimum absolute atomic E-state index is 0.0407. The van der Waals surface area contributed by atoms with Gasteiger partial charge in [0.15, 0.2) is 11.5 Å². The van der Waals surface area contributed by atoms with Crippen LogP contribution in [0.1, 0.15) is 21.6 Å². The van der Waals surface area contributed by atoms with Gasteiger partial charge in [-0.15, -0.1) is 0 Å². The fourth-order valence-electron chi connectivity index (χ4n) is 4.39. The van der Waals surface area contributed by atoms with E-state index in [4.69, 9.17) is 15.2 Å². The van der Waals surface area contributed by atoms with Gasteiger partial charge in [-0.05, 0) is 17.5 Å². The summed E-state index contributed by atoms with van der Waals surface area (Å²) in [6.45, 7) is 2.70. The Morgan fingerprint density at radius 1 is 1.00 bits per heavy atom.